The SMILES string of the molecule is COc1ccc(S(=O)(=O)N2CCN(C(=O)c3cc(Cl)ccc3OC)CC2)cc1. The molecule has 2 aromatic rings. The topological polar surface area (TPSA) is 76.2 Å². The van der Waals surface area contributed by atoms with Crippen molar-refractivity contribution in [3.05, 3.63) is 53.1 Å². The van der Waals surface area contributed by atoms with Gasteiger partial charge in [0.1, 0.15) is 11.5 Å². The number of carbonyl (C=O) groups is 1. The highest BCUT2D eigenvalue weighted by Gasteiger charge is 2.31. The van der Waals surface area contributed by atoms with E-state index in [4.69, 9.17) is 21.1 Å². The predicted molar refractivity (Wildman–Crippen MR) is 106 cm³/mol. The molecule has 0 bridgehead atoms. The van der Waals surface area contributed by atoms with Crippen LogP contribution >= 0.6 is 11.6 Å². The van der Waals surface area contributed by atoms with Crippen LogP contribution in [0.5, 0.6) is 11.5 Å². The largest absolute Gasteiger partial charge is 0.497 e. The number of benzene rings is 2. The summed E-state index contributed by atoms with van der Waals surface area (Å²) in [4.78, 5) is 14.6. The Labute approximate surface area is 169 Å². The minimum Gasteiger partial charge on any atom is -0.497 e. The fourth-order valence-electron chi connectivity index (χ4n) is 3.05. The van der Waals surface area contributed by atoms with Gasteiger partial charge in [-0.2, -0.15) is 4.31 Å². The summed E-state index contributed by atoms with van der Waals surface area (Å²) in [6, 6.07) is 11.1. The third kappa shape index (κ3) is 4.09. The van der Waals surface area contributed by atoms with Gasteiger partial charge in [0.25, 0.3) is 5.91 Å². The van der Waals surface area contributed by atoms with Crippen molar-refractivity contribution in [2.75, 3.05) is 40.4 Å². The van der Waals surface area contributed by atoms with Crippen molar-refractivity contribution in [1.29, 1.82) is 0 Å². The quantitative estimate of drug-likeness (QED) is 0.737. The van der Waals surface area contributed by atoms with Crippen molar-refractivity contribution in [1.82, 2.24) is 9.21 Å². The number of rotatable bonds is 5. The molecule has 2 aromatic carbocycles. The lowest BCUT2D eigenvalue weighted by atomic mass is 10.1. The number of ether oxygens (including phenoxy) is 2. The van der Waals surface area contributed by atoms with Crippen LogP contribution in [0.3, 0.4) is 0 Å². The maximum Gasteiger partial charge on any atom is 0.257 e. The molecule has 3 rings (SSSR count). The third-order valence-corrected chi connectivity index (χ3v) is 6.76. The molecule has 1 amide bonds. The monoisotopic (exact) mass is 424 g/mol. The molecule has 0 N–H and O–H groups in total. The normalized spacial score (nSPS) is 15.3. The zero-order valence-corrected chi connectivity index (χ0v) is 17.2. The van der Waals surface area contributed by atoms with Crippen molar-refractivity contribution in [2.24, 2.45) is 0 Å². The molecule has 150 valence electrons. The summed E-state index contributed by atoms with van der Waals surface area (Å²) in [5, 5.41) is 0.435. The van der Waals surface area contributed by atoms with Gasteiger partial charge < -0.3 is 14.4 Å². The molecule has 0 atom stereocenters. The molecule has 0 unspecified atom stereocenters. The molecule has 0 aliphatic carbocycles. The number of carbonyl (C=O) groups excluding carboxylic acids is 1. The summed E-state index contributed by atoms with van der Waals surface area (Å²) in [6.07, 6.45) is 0. The number of nitrogens with zero attached hydrogens (tertiary/aromatic N) is 2. The van der Waals surface area contributed by atoms with Crippen LogP contribution in [0, 0.1) is 0 Å². The Morgan fingerprint density at radius 3 is 2.18 bits per heavy atom. The number of hydrogen-bond acceptors (Lipinski definition) is 5. The van der Waals surface area contributed by atoms with Crippen molar-refractivity contribution < 1.29 is 22.7 Å². The third-order valence-electron chi connectivity index (χ3n) is 4.61. The fraction of sp³-hybridized carbons (Fsp3) is 0.316. The molecule has 1 heterocycles. The summed E-state index contributed by atoms with van der Waals surface area (Å²) in [5.74, 6) is 0.786. The second-order valence-electron chi connectivity index (χ2n) is 6.22. The Morgan fingerprint density at radius 2 is 1.61 bits per heavy atom. The zero-order chi connectivity index (χ0) is 20.3. The van der Waals surface area contributed by atoms with Crippen molar-refractivity contribution in [3.8, 4) is 11.5 Å². The molecule has 28 heavy (non-hydrogen) atoms. The van der Waals surface area contributed by atoms with E-state index in [-0.39, 0.29) is 37.0 Å². The van der Waals surface area contributed by atoms with Crippen LogP contribution in [0.2, 0.25) is 5.02 Å². The molecule has 0 radical (unpaired) electrons. The van der Waals surface area contributed by atoms with E-state index >= 15 is 0 Å². The minimum absolute atomic E-state index is 0.199. The highest BCUT2D eigenvalue weighted by Crippen LogP contribution is 2.26. The summed E-state index contributed by atoms with van der Waals surface area (Å²) in [5.41, 5.74) is 0.362. The van der Waals surface area contributed by atoms with Crippen molar-refractivity contribution >= 4 is 27.5 Å². The molecule has 9 heteroatoms. The lowest BCUT2D eigenvalue weighted by Gasteiger charge is -2.34. The van der Waals surface area contributed by atoms with Gasteiger partial charge in [-0.05, 0) is 42.5 Å². The Balaban J connectivity index is 1.71. The fourth-order valence-corrected chi connectivity index (χ4v) is 4.64. The predicted octanol–water partition coefficient (Wildman–Crippen LogP) is 2.50. The van der Waals surface area contributed by atoms with Gasteiger partial charge in [0.05, 0.1) is 24.7 Å². The Bertz CT molecular complexity index is 955. The first-order valence-electron chi connectivity index (χ1n) is 8.64. The summed E-state index contributed by atoms with van der Waals surface area (Å²) in [6.45, 7) is 0.986. The first kappa shape index (κ1) is 20.4. The maximum atomic E-state index is 12.8. The van der Waals surface area contributed by atoms with Crippen LogP contribution in [-0.4, -0.2) is 63.9 Å². The van der Waals surface area contributed by atoms with E-state index < -0.39 is 10.0 Å². The van der Waals surface area contributed by atoms with Gasteiger partial charge in [0.15, 0.2) is 0 Å². The molecule has 1 fully saturated rings. The van der Waals surface area contributed by atoms with Gasteiger partial charge in [-0.25, -0.2) is 8.42 Å². The van der Waals surface area contributed by atoms with E-state index in [0.29, 0.717) is 22.1 Å². The van der Waals surface area contributed by atoms with Gasteiger partial charge in [-0.3, -0.25) is 4.79 Å². The molecule has 7 nitrogen and oxygen atoms in total. The standard InChI is InChI=1S/C19H21ClN2O5S/c1-26-15-4-6-16(7-5-15)28(24,25)22-11-9-21(10-12-22)19(23)17-13-14(20)3-8-18(17)27-2/h3-8,13H,9-12H2,1-2H3. The summed E-state index contributed by atoms with van der Waals surface area (Å²) >= 11 is 6.01. The zero-order valence-electron chi connectivity index (χ0n) is 15.6. The van der Waals surface area contributed by atoms with Crippen LogP contribution in [0.4, 0.5) is 0 Å². The van der Waals surface area contributed by atoms with E-state index in [1.54, 1.807) is 35.2 Å². The Morgan fingerprint density at radius 1 is 0.964 bits per heavy atom. The van der Waals surface area contributed by atoms with Crippen LogP contribution < -0.4 is 9.47 Å². The lowest BCUT2D eigenvalue weighted by molar-refractivity contribution is 0.0694. The average molecular weight is 425 g/mol. The van der Waals surface area contributed by atoms with E-state index in [1.165, 1.54) is 30.7 Å². The Hall–Kier alpha value is -2.29. The number of amides is 1. The van der Waals surface area contributed by atoms with Crippen molar-refractivity contribution in [2.45, 2.75) is 4.90 Å². The molecular formula is C19H21ClN2O5S. The number of sulfonamides is 1. The van der Waals surface area contributed by atoms with Crippen LogP contribution in [0.25, 0.3) is 0 Å². The van der Waals surface area contributed by atoms with E-state index in [1.807, 2.05) is 0 Å². The second-order valence-corrected chi connectivity index (χ2v) is 8.59. The second kappa shape index (κ2) is 8.38. The number of halogens is 1. The average Bonchev–Trinajstić information content (AvgIpc) is 2.73. The van der Waals surface area contributed by atoms with E-state index in [0.717, 1.165) is 0 Å². The van der Waals surface area contributed by atoms with Gasteiger partial charge in [0.2, 0.25) is 10.0 Å². The Kier molecular flexibility index (Phi) is 6.12. The molecule has 0 spiro atoms. The number of piperazine rings is 1. The molecule has 1 aliphatic rings. The van der Waals surface area contributed by atoms with Gasteiger partial charge >= 0.3 is 0 Å². The lowest BCUT2D eigenvalue weighted by Crippen LogP contribution is -2.50. The van der Waals surface area contributed by atoms with Crippen LogP contribution in [0.15, 0.2) is 47.4 Å². The van der Waals surface area contributed by atoms with Crippen LogP contribution in [0.1, 0.15) is 10.4 Å². The minimum atomic E-state index is -3.63. The maximum absolute atomic E-state index is 12.8. The smallest absolute Gasteiger partial charge is 0.257 e. The number of hydrogen-bond donors (Lipinski definition) is 0. The molecule has 0 saturated carbocycles. The molecule has 1 saturated heterocycles. The van der Waals surface area contributed by atoms with Gasteiger partial charge in [0, 0.05) is 31.2 Å². The molecule has 0 aromatic heterocycles. The van der Waals surface area contributed by atoms with Crippen molar-refractivity contribution in [3.63, 3.8) is 0 Å². The van der Waals surface area contributed by atoms with E-state index in [9.17, 15) is 13.2 Å². The van der Waals surface area contributed by atoms with E-state index in [2.05, 4.69) is 0 Å². The first-order valence-corrected chi connectivity index (χ1v) is 10.5. The van der Waals surface area contributed by atoms with Gasteiger partial charge in [-0.1, -0.05) is 11.6 Å². The highest BCUT2D eigenvalue weighted by atomic mass is 35.5. The van der Waals surface area contributed by atoms with Gasteiger partial charge in [-0.15, -0.1) is 0 Å². The first-order chi connectivity index (χ1) is 13.4. The summed E-state index contributed by atoms with van der Waals surface area (Å²) in [7, 11) is -0.618. The molecule has 1 aliphatic heterocycles. The molecular weight excluding hydrogens is 404 g/mol. The van der Waals surface area contributed by atoms with Crippen LogP contribution in [-0.2, 0) is 10.0 Å². The highest BCUT2D eigenvalue weighted by molar-refractivity contribution is 7.89. The summed E-state index contributed by atoms with van der Waals surface area (Å²) < 4.78 is 37.3. The number of methoxy groups -OCH3 is 2.